The Bertz CT molecular complexity index is 377. The van der Waals surface area contributed by atoms with E-state index in [1.165, 1.54) is 12.8 Å². The molecule has 1 aliphatic heterocycles. The fraction of sp³-hybridized carbons (Fsp3) is 0.857. The SMILES string of the molecule is CC(C)(C)OC(=O)N1CCN(C(N)=NCC2CC2)CC1. The van der Waals surface area contributed by atoms with Crippen LogP contribution < -0.4 is 5.73 Å². The molecule has 2 aliphatic rings. The van der Waals surface area contributed by atoms with Crippen LogP contribution in [0.2, 0.25) is 0 Å². The molecule has 6 heteroatoms. The van der Waals surface area contributed by atoms with E-state index in [1.807, 2.05) is 25.7 Å². The molecule has 0 atom stereocenters. The largest absolute Gasteiger partial charge is 0.444 e. The summed E-state index contributed by atoms with van der Waals surface area (Å²) >= 11 is 0. The molecule has 2 fully saturated rings. The maximum absolute atomic E-state index is 11.9. The molecule has 20 heavy (non-hydrogen) atoms. The second-order valence-corrected chi connectivity index (χ2v) is 6.60. The summed E-state index contributed by atoms with van der Waals surface area (Å²) in [4.78, 5) is 20.1. The number of guanidine groups is 1. The molecule has 1 saturated carbocycles. The minimum absolute atomic E-state index is 0.245. The topological polar surface area (TPSA) is 71.2 Å². The first kappa shape index (κ1) is 14.9. The van der Waals surface area contributed by atoms with Gasteiger partial charge in [-0.1, -0.05) is 0 Å². The van der Waals surface area contributed by atoms with Gasteiger partial charge in [0, 0.05) is 32.7 Å². The fourth-order valence-corrected chi connectivity index (χ4v) is 2.07. The van der Waals surface area contributed by atoms with Gasteiger partial charge in [0.25, 0.3) is 0 Å². The van der Waals surface area contributed by atoms with Crippen molar-refractivity contribution in [3.63, 3.8) is 0 Å². The van der Waals surface area contributed by atoms with Crippen molar-refractivity contribution < 1.29 is 9.53 Å². The van der Waals surface area contributed by atoms with E-state index >= 15 is 0 Å². The summed E-state index contributed by atoms with van der Waals surface area (Å²) in [7, 11) is 0. The molecule has 0 unspecified atom stereocenters. The predicted octanol–water partition coefficient (Wildman–Crippen LogP) is 1.26. The first-order chi connectivity index (χ1) is 9.35. The van der Waals surface area contributed by atoms with Gasteiger partial charge in [-0.05, 0) is 39.5 Å². The summed E-state index contributed by atoms with van der Waals surface area (Å²) < 4.78 is 5.37. The number of hydrogen-bond acceptors (Lipinski definition) is 3. The van der Waals surface area contributed by atoms with E-state index in [0.717, 1.165) is 25.6 Å². The first-order valence-electron chi connectivity index (χ1n) is 7.38. The normalized spacial score (nSPS) is 21.1. The second-order valence-electron chi connectivity index (χ2n) is 6.60. The van der Waals surface area contributed by atoms with Crippen LogP contribution >= 0.6 is 0 Å². The van der Waals surface area contributed by atoms with Crippen molar-refractivity contribution in [1.29, 1.82) is 0 Å². The average molecular weight is 282 g/mol. The van der Waals surface area contributed by atoms with Gasteiger partial charge in [0.1, 0.15) is 5.60 Å². The van der Waals surface area contributed by atoms with Crippen LogP contribution in [-0.4, -0.2) is 60.2 Å². The lowest BCUT2D eigenvalue weighted by Crippen LogP contribution is -2.53. The molecule has 0 aromatic heterocycles. The van der Waals surface area contributed by atoms with E-state index in [9.17, 15) is 4.79 Å². The minimum Gasteiger partial charge on any atom is -0.444 e. The van der Waals surface area contributed by atoms with Crippen molar-refractivity contribution in [1.82, 2.24) is 9.80 Å². The maximum atomic E-state index is 11.9. The molecule has 6 nitrogen and oxygen atoms in total. The molecular weight excluding hydrogens is 256 g/mol. The molecule has 1 aliphatic carbocycles. The first-order valence-corrected chi connectivity index (χ1v) is 7.38. The Morgan fingerprint density at radius 2 is 1.75 bits per heavy atom. The van der Waals surface area contributed by atoms with Gasteiger partial charge in [-0.3, -0.25) is 4.99 Å². The molecule has 114 valence electrons. The molecule has 0 bridgehead atoms. The third-order valence-corrected chi connectivity index (χ3v) is 3.46. The number of hydrogen-bond donors (Lipinski definition) is 1. The quantitative estimate of drug-likeness (QED) is 0.611. The zero-order valence-corrected chi connectivity index (χ0v) is 12.8. The third-order valence-electron chi connectivity index (χ3n) is 3.46. The Kier molecular flexibility index (Phi) is 4.40. The van der Waals surface area contributed by atoms with Crippen molar-refractivity contribution in [3.05, 3.63) is 0 Å². The van der Waals surface area contributed by atoms with Crippen LogP contribution in [0.25, 0.3) is 0 Å². The summed E-state index contributed by atoms with van der Waals surface area (Å²) in [6.07, 6.45) is 2.32. The smallest absolute Gasteiger partial charge is 0.410 e. The van der Waals surface area contributed by atoms with E-state index in [0.29, 0.717) is 19.0 Å². The molecule has 0 aromatic carbocycles. The Labute approximate surface area is 121 Å². The third kappa shape index (κ3) is 4.58. The molecule has 2 rings (SSSR count). The van der Waals surface area contributed by atoms with Gasteiger partial charge < -0.3 is 20.3 Å². The Hall–Kier alpha value is -1.46. The molecular formula is C14H26N4O2. The molecule has 1 amide bonds. The predicted molar refractivity (Wildman–Crippen MR) is 78.6 cm³/mol. The van der Waals surface area contributed by atoms with Gasteiger partial charge in [0.15, 0.2) is 5.96 Å². The van der Waals surface area contributed by atoms with E-state index in [2.05, 4.69) is 4.99 Å². The second kappa shape index (κ2) is 5.89. The van der Waals surface area contributed by atoms with Gasteiger partial charge >= 0.3 is 6.09 Å². The lowest BCUT2D eigenvalue weighted by Gasteiger charge is -2.36. The fourth-order valence-electron chi connectivity index (χ4n) is 2.07. The van der Waals surface area contributed by atoms with Gasteiger partial charge in [0.05, 0.1) is 0 Å². The number of ether oxygens (including phenoxy) is 1. The van der Waals surface area contributed by atoms with Crippen LogP contribution in [0.5, 0.6) is 0 Å². The number of rotatable bonds is 2. The molecule has 2 N–H and O–H groups in total. The monoisotopic (exact) mass is 282 g/mol. The summed E-state index contributed by atoms with van der Waals surface area (Å²) in [5.41, 5.74) is 5.54. The highest BCUT2D eigenvalue weighted by atomic mass is 16.6. The van der Waals surface area contributed by atoms with Crippen LogP contribution in [0.3, 0.4) is 0 Å². The highest BCUT2D eigenvalue weighted by Crippen LogP contribution is 2.28. The zero-order chi connectivity index (χ0) is 14.8. The highest BCUT2D eigenvalue weighted by molar-refractivity contribution is 5.78. The Balaban J connectivity index is 1.76. The van der Waals surface area contributed by atoms with Gasteiger partial charge in [-0.25, -0.2) is 4.79 Å². The highest BCUT2D eigenvalue weighted by Gasteiger charge is 2.27. The summed E-state index contributed by atoms with van der Waals surface area (Å²) in [6, 6.07) is 0. The van der Waals surface area contributed by atoms with Gasteiger partial charge in [-0.15, -0.1) is 0 Å². The van der Waals surface area contributed by atoms with Crippen LogP contribution in [0.15, 0.2) is 4.99 Å². The molecule has 0 spiro atoms. The van der Waals surface area contributed by atoms with Crippen LogP contribution in [-0.2, 0) is 4.74 Å². The maximum Gasteiger partial charge on any atom is 0.410 e. The average Bonchev–Trinajstić information content (AvgIpc) is 3.18. The molecule has 0 radical (unpaired) electrons. The standard InChI is InChI=1S/C14H26N4O2/c1-14(2,3)20-13(19)18-8-6-17(7-9-18)12(15)16-10-11-4-5-11/h11H,4-10H2,1-3H3,(H2,15,16). The number of nitrogens with two attached hydrogens (primary N) is 1. The van der Waals surface area contributed by atoms with Crippen molar-refractivity contribution in [2.75, 3.05) is 32.7 Å². The van der Waals surface area contributed by atoms with E-state index in [-0.39, 0.29) is 6.09 Å². The number of carbonyl (C=O) groups is 1. The number of aliphatic imine (C=N–C) groups is 1. The van der Waals surface area contributed by atoms with Gasteiger partial charge in [-0.2, -0.15) is 0 Å². The molecule has 1 heterocycles. The molecule has 1 saturated heterocycles. The van der Waals surface area contributed by atoms with E-state index < -0.39 is 5.60 Å². The van der Waals surface area contributed by atoms with Gasteiger partial charge in [0.2, 0.25) is 0 Å². The summed E-state index contributed by atoms with van der Waals surface area (Å²) in [5, 5.41) is 0. The number of amides is 1. The number of nitrogens with zero attached hydrogens (tertiary/aromatic N) is 3. The van der Waals surface area contributed by atoms with Crippen LogP contribution in [0.4, 0.5) is 4.79 Å². The van der Waals surface area contributed by atoms with Crippen molar-refractivity contribution in [2.45, 2.75) is 39.2 Å². The van der Waals surface area contributed by atoms with Crippen molar-refractivity contribution in [2.24, 2.45) is 16.6 Å². The van der Waals surface area contributed by atoms with Crippen molar-refractivity contribution in [3.8, 4) is 0 Å². The Morgan fingerprint density at radius 3 is 2.25 bits per heavy atom. The zero-order valence-electron chi connectivity index (χ0n) is 12.8. The lowest BCUT2D eigenvalue weighted by atomic mass is 10.2. The van der Waals surface area contributed by atoms with E-state index in [4.69, 9.17) is 10.5 Å². The van der Waals surface area contributed by atoms with Crippen LogP contribution in [0.1, 0.15) is 33.6 Å². The summed E-state index contributed by atoms with van der Waals surface area (Å²) in [6.45, 7) is 9.19. The summed E-state index contributed by atoms with van der Waals surface area (Å²) in [5.74, 6) is 1.36. The minimum atomic E-state index is -0.445. The lowest BCUT2D eigenvalue weighted by molar-refractivity contribution is 0.0186. The number of carbonyl (C=O) groups excluding carboxylic acids is 1. The Morgan fingerprint density at radius 1 is 1.20 bits per heavy atom. The van der Waals surface area contributed by atoms with Crippen molar-refractivity contribution >= 4 is 12.1 Å². The van der Waals surface area contributed by atoms with E-state index in [1.54, 1.807) is 4.90 Å². The number of piperazine rings is 1. The molecule has 0 aromatic rings. The van der Waals surface area contributed by atoms with Crippen LogP contribution in [0, 0.1) is 5.92 Å².